The summed E-state index contributed by atoms with van der Waals surface area (Å²) in [6.07, 6.45) is -4.74. The molecule has 4 nitrogen and oxygen atoms in total. The maximum atomic E-state index is 13.5. The Balaban J connectivity index is 2.04. The molecule has 3 aromatic carbocycles. The predicted molar refractivity (Wildman–Crippen MR) is 103 cm³/mol. The van der Waals surface area contributed by atoms with E-state index in [4.69, 9.17) is 5.73 Å². The fourth-order valence-electron chi connectivity index (χ4n) is 3.69. The SMILES string of the molecule is NC(=O)c1cccc2c1c1[c]cc(CO)cc1n2Cc1ccc(F)cc1C(F)(F)F. The number of benzene rings is 3. The van der Waals surface area contributed by atoms with Gasteiger partial charge in [0.25, 0.3) is 0 Å². The first kappa shape index (κ1) is 19.9. The Kier molecular flexibility index (Phi) is 4.74. The topological polar surface area (TPSA) is 68.2 Å². The molecule has 0 atom stereocenters. The zero-order chi connectivity index (χ0) is 21.6. The molecule has 1 heterocycles. The van der Waals surface area contributed by atoms with Gasteiger partial charge in [-0.3, -0.25) is 4.79 Å². The van der Waals surface area contributed by atoms with Crippen molar-refractivity contribution in [2.45, 2.75) is 19.3 Å². The molecule has 0 fully saturated rings. The lowest BCUT2D eigenvalue weighted by Gasteiger charge is -2.15. The molecule has 0 aliphatic rings. The third-order valence-electron chi connectivity index (χ3n) is 5.01. The monoisotopic (exact) mass is 415 g/mol. The quantitative estimate of drug-likeness (QED) is 0.486. The van der Waals surface area contributed by atoms with Gasteiger partial charge >= 0.3 is 6.18 Å². The van der Waals surface area contributed by atoms with Crippen molar-refractivity contribution in [2.75, 3.05) is 0 Å². The van der Waals surface area contributed by atoms with Crippen LogP contribution in [-0.2, 0) is 19.3 Å². The van der Waals surface area contributed by atoms with Crippen LogP contribution in [0.2, 0.25) is 0 Å². The van der Waals surface area contributed by atoms with Crippen molar-refractivity contribution in [3.8, 4) is 0 Å². The minimum atomic E-state index is -4.74. The standard InChI is InChI=1S/C22H15F4N2O2/c23-14-6-5-13(17(9-14)22(24,25)26)10-28-18-3-1-2-16(21(27)30)20(18)15-7-4-12(11-29)8-19(15)28/h1-6,8-9,29H,10-11H2,(H2,27,30). The molecule has 1 amide bonds. The number of hydrogen-bond donors (Lipinski definition) is 2. The van der Waals surface area contributed by atoms with Crippen molar-refractivity contribution >= 4 is 27.7 Å². The number of nitrogens with zero attached hydrogens (tertiary/aromatic N) is 1. The summed E-state index contributed by atoms with van der Waals surface area (Å²) in [5, 5.41) is 10.4. The number of alkyl halides is 3. The number of rotatable bonds is 4. The van der Waals surface area contributed by atoms with E-state index in [0.717, 1.165) is 12.1 Å². The van der Waals surface area contributed by atoms with Gasteiger partial charge in [0.2, 0.25) is 5.91 Å². The second-order valence-electron chi connectivity index (χ2n) is 6.88. The highest BCUT2D eigenvalue weighted by atomic mass is 19.4. The van der Waals surface area contributed by atoms with Crippen molar-refractivity contribution in [1.82, 2.24) is 4.57 Å². The smallest absolute Gasteiger partial charge is 0.392 e. The molecule has 153 valence electrons. The van der Waals surface area contributed by atoms with E-state index < -0.39 is 23.5 Å². The van der Waals surface area contributed by atoms with Crippen LogP contribution < -0.4 is 5.73 Å². The summed E-state index contributed by atoms with van der Waals surface area (Å²) in [6.45, 7) is -0.527. The second-order valence-corrected chi connectivity index (χ2v) is 6.88. The van der Waals surface area contributed by atoms with Gasteiger partial charge in [-0.15, -0.1) is 0 Å². The molecule has 0 saturated carbocycles. The molecule has 8 heteroatoms. The predicted octanol–water partition coefficient (Wildman–Crippen LogP) is 4.39. The first-order chi connectivity index (χ1) is 14.2. The van der Waals surface area contributed by atoms with Gasteiger partial charge in [0.05, 0.1) is 23.2 Å². The fourth-order valence-corrected chi connectivity index (χ4v) is 3.69. The average molecular weight is 415 g/mol. The zero-order valence-electron chi connectivity index (χ0n) is 15.4. The molecule has 4 rings (SSSR count). The molecular weight excluding hydrogens is 400 g/mol. The number of halogens is 4. The number of carbonyl (C=O) groups is 1. The number of aliphatic hydroxyl groups excluding tert-OH is 1. The Morgan fingerprint density at radius 1 is 1.13 bits per heavy atom. The third-order valence-corrected chi connectivity index (χ3v) is 5.01. The van der Waals surface area contributed by atoms with Crippen LogP contribution in [0.5, 0.6) is 0 Å². The van der Waals surface area contributed by atoms with Gasteiger partial charge in [-0.2, -0.15) is 13.2 Å². The molecule has 0 bridgehead atoms. The lowest BCUT2D eigenvalue weighted by atomic mass is 10.0. The van der Waals surface area contributed by atoms with Crippen LogP contribution >= 0.6 is 0 Å². The number of hydrogen-bond acceptors (Lipinski definition) is 2. The average Bonchev–Trinajstić information content (AvgIpc) is 3.01. The van der Waals surface area contributed by atoms with E-state index >= 15 is 0 Å². The van der Waals surface area contributed by atoms with Gasteiger partial charge in [-0.05, 0) is 53.6 Å². The summed E-state index contributed by atoms with van der Waals surface area (Å²) >= 11 is 0. The van der Waals surface area contributed by atoms with E-state index in [1.54, 1.807) is 28.8 Å². The Morgan fingerprint density at radius 3 is 2.57 bits per heavy atom. The molecular formula is C22H15F4N2O2. The van der Waals surface area contributed by atoms with Crippen molar-refractivity contribution in [2.24, 2.45) is 5.73 Å². The number of aliphatic hydroxyl groups is 1. The second kappa shape index (κ2) is 7.14. The highest BCUT2D eigenvalue weighted by Crippen LogP contribution is 2.36. The Morgan fingerprint density at radius 2 is 1.90 bits per heavy atom. The van der Waals surface area contributed by atoms with Crippen LogP contribution in [0.4, 0.5) is 17.6 Å². The van der Waals surface area contributed by atoms with Gasteiger partial charge in [0, 0.05) is 22.9 Å². The molecule has 1 aromatic heterocycles. The van der Waals surface area contributed by atoms with E-state index in [-0.39, 0.29) is 24.3 Å². The van der Waals surface area contributed by atoms with E-state index in [1.165, 1.54) is 6.07 Å². The molecule has 0 unspecified atom stereocenters. The first-order valence-electron chi connectivity index (χ1n) is 8.92. The van der Waals surface area contributed by atoms with Gasteiger partial charge < -0.3 is 15.4 Å². The number of fused-ring (bicyclic) bond motifs is 3. The highest BCUT2D eigenvalue weighted by Gasteiger charge is 2.34. The largest absolute Gasteiger partial charge is 0.416 e. The van der Waals surface area contributed by atoms with Crippen LogP contribution in [0.1, 0.15) is 27.0 Å². The Labute approximate surface area is 168 Å². The van der Waals surface area contributed by atoms with E-state index in [1.807, 2.05) is 0 Å². The van der Waals surface area contributed by atoms with Crippen LogP contribution in [0.3, 0.4) is 0 Å². The van der Waals surface area contributed by atoms with Gasteiger partial charge in [-0.25, -0.2) is 4.39 Å². The summed E-state index contributed by atoms with van der Waals surface area (Å²) in [5.74, 6) is -1.67. The Hall–Kier alpha value is -3.39. The summed E-state index contributed by atoms with van der Waals surface area (Å²) in [4.78, 5) is 11.9. The number of primary amides is 1. The number of nitrogens with two attached hydrogens (primary N) is 1. The minimum Gasteiger partial charge on any atom is -0.392 e. The van der Waals surface area contributed by atoms with Crippen LogP contribution in [0.15, 0.2) is 48.5 Å². The lowest BCUT2D eigenvalue weighted by Crippen LogP contribution is -2.13. The maximum Gasteiger partial charge on any atom is 0.416 e. The summed E-state index contributed by atoms with van der Waals surface area (Å²) in [5.41, 5.74) is 5.94. The van der Waals surface area contributed by atoms with Crippen molar-refractivity contribution in [3.63, 3.8) is 0 Å². The number of carbonyl (C=O) groups excluding carboxylic acids is 1. The van der Waals surface area contributed by atoms with Crippen molar-refractivity contribution in [1.29, 1.82) is 0 Å². The van der Waals surface area contributed by atoms with Gasteiger partial charge in [-0.1, -0.05) is 12.1 Å². The lowest BCUT2D eigenvalue weighted by molar-refractivity contribution is -0.138. The van der Waals surface area contributed by atoms with Gasteiger partial charge in [0.1, 0.15) is 5.82 Å². The van der Waals surface area contributed by atoms with Gasteiger partial charge in [0.15, 0.2) is 0 Å². The Bertz CT molecular complexity index is 1290. The van der Waals surface area contributed by atoms with Crippen LogP contribution in [-0.4, -0.2) is 15.6 Å². The molecule has 0 spiro atoms. The van der Waals surface area contributed by atoms with E-state index in [0.29, 0.717) is 33.4 Å². The minimum absolute atomic E-state index is 0.137. The normalized spacial score (nSPS) is 12.0. The number of aromatic nitrogens is 1. The van der Waals surface area contributed by atoms with E-state index in [9.17, 15) is 27.5 Å². The molecule has 0 aliphatic heterocycles. The summed E-state index contributed by atoms with van der Waals surface area (Å²) in [7, 11) is 0. The highest BCUT2D eigenvalue weighted by molar-refractivity contribution is 6.17. The summed E-state index contributed by atoms with van der Waals surface area (Å²) < 4.78 is 55.6. The maximum absolute atomic E-state index is 13.5. The molecule has 3 N–H and O–H groups in total. The van der Waals surface area contributed by atoms with Crippen molar-refractivity contribution < 1.29 is 27.5 Å². The molecule has 30 heavy (non-hydrogen) atoms. The van der Waals surface area contributed by atoms with E-state index in [2.05, 4.69) is 6.07 Å². The first-order valence-corrected chi connectivity index (χ1v) is 8.92. The molecule has 0 aliphatic carbocycles. The molecule has 1 radical (unpaired) electrons. The van der Waals surface area contributed by atoms with Crippen LogP contribution in [0, 0.1) is 11.9 Å². The fraction of sp³-hybridized carbons (Fsp3) is 0.136. The van der Waals surface area contributed by atoms with Crippen LogP contribution in [0.25, 0.3) is 21.8 Å². The third kappa shape index (κ3) is 3.29. The molecule has 4 aromatic rings. The summed E-state index contributed by atoms with van der Waals surface area (Å²) in [6, 6.07) is 13.5. The van der Waals surface area contributed by atoms with Crippen molar-refractivity contribution in [3.05, 3.63) is 82.7 Å². The zero-order valence-corrected chi connectivity index (χ0v) is 15.4. The molecule has 0 saturated heterocycles. The number of amides is 1.